The highest BCUT2D eigenvalue weighted by atomic mass is 79.9. The van der Waals surface area contributed by atoms with Crippen molar-refractivity contribution in [3.8, 4) is 10.4 Å². The van der Waals surface area contributed by atoms with E-state index in [1.54, 1.807) is 11.3 Å². The molecule has 1 aromatic carbocycles. The Morgan fingerprint density at radius 1 is 1.33 bits per heavy atom. The zero-order valence-electron chi connectivity index (χ0n) is 11.9. The van der Waals surface area contributed by atoms with E-state index in [1.807, 2.05) is 17.0 Å². The summed E-state index contributed by atoms with van der Waals surface area (Å²) in [4.78, 5) is 15.3. The second-order valence-electron chi connectivity index (χ2n) is 4.88. The number of carbonyl (C=O) groups is 1. The number of halogens is 1. The molecule has 1 heterocycles. The van der Waals surface area contributed by atoms with Crippen LogP contribution in [-0.2, 0) is 11.3 Å². The second kappa shape index (κ2) is 7.73. The van der Waals surface area contributed by atoms with E-state index in [0.29, 0.717) is 6.54 Å². The molecule has 0 bridgehead atoms. The zero-order chi connectivity index (χ0) is 15.2. The van der Waals surface area contributed by atoms with Crippen LogP contribution >= 0.6 is 27.3 Å². The van der Waals surface area contributed by atoms with E-state index in [1.165, 1.54) is 15.3 Å². The molecular formula is C16H18BrNO2S. The van der Waals surface area contributed by atoms with Crippen molar-refractivity contribution < 1.29 is 9.90 Å². The average Bonchev–Trinajstić information content (AvgIpc) is 2.87. The molecule has 0 radical (unpaired) electrons. The number of hydrogen-bond acceptors (Lipinski definition) is 3. The Morgan fingerprint density at radius 3 is 2.81 bits per heavy atom. The summed E-state index contributed by atoms with van der Waals surface area (Å²) in [5.41, 5.74) is 1.18. The van der Waals surface area contributed by atoms with Crippen LogP contribution in [0, 0.1) is 0 Å². The van der Waals surface area contributed by atoms with Crippen molar-refractivity contribution in [3.05, 3.63) is 45.7 Å². The number of aliphatic carboxylic acids is 1. The molecule has 1 N–H and O–H groups in total. The smallest absolute Gasteiger partial charge is 0.317 e. The maximum atomic E-state index is 10.9. The van der Waals surface area contributed by atoms with Crippen molar-refractivity contribution in [1.82, 2.24) is 4.90 Å². The summed E-state index contributed by atoms with van der Waals surface area (Å²) < 4.78 is 1.06. The molecule has 3 nitrogen and oxygen atoms in total. The minimum absolute atomic E-state index is 0.0952. The highest BCUT2D eigenvalue weighted by Gasteiger charge is 2.11. The fourth-order valence-electron chi connectivity index (χ4n) is 2.20. The van der Waals surface area contributed by atoms with Crippen LogP contribution in [-0.4, -0.2) is 29.1 Å². The van der Waals surface area contributed by atoms with Gasteiger partial charge in [0.1, 0.15) is 0 Å². The van der Waals surface area contributed by atoms with Gasteiger partial charge in [-0.3, -0.25) is 9.69 Å². The third-order valence-corrected chi connectivity index (χ3v) is 4.66. The molecule has 0 saturated heterocycles. The third-order valence-electron chi connectivity index (χ3n) is 3.05. The summed E-state index contributed by atoms with van der Waals surface area (Å²) in [5, 5.41) is 8.96. The lowest BCUT2D eigenvalue weighted by atomic mass is 10.2. The summed E-state index contributed by atoms with van der Waals surface area (Å²) in [5.74, 6) is -0.771. The van der Waals surface area contributed by atoms with Crippen molar-refractivity contribution in [3.63, 3.8) is 0 Å². The highest BCUT2D eigenvalue weighted by molar-refractivity contribution is 9.10. The van der Waals surface area contributed by atoms with E-state index in [0.717, 1.165) is 17.4 Å². The quantitative estimate of drug-likeness (QED) is 0.784. The Balaban J connectivity index is 2.10. The molecule has 0 aliphatic carbocycles. The first-order valence-corrected chi connectivity index (χ1v) is 8.48. The van der Waals surface area contributed by atoms with E-state index >= 15 is 0 Å². The van der Waals surface area contributed by atoms with Crippen LogP contribution in [0.5, 0.6) is 0 Å². The Hall–Kier alpha value is -1.17. The monoisotopic (exact) mass is 367 g/mol. The summed E-state index contributed by atoms with van der Waals surface area (Å²) in [6.45, 7) is 3.66. The number of hydrogen-bond donors (Lipinski definition) is 1. The van der Waals surface area contributed by atoms with Crippen LogP contribution in [0.25, 0.3) is 10.4 Å². The fraction of sp³-hybridized carbons (Fsp3) is 0.312. The van der Waals surface area contributed by atoms with Crippen molar-refractivity contribution in [2.75, 3.05) is 13.1 Å². The van der Waals surface area contributed by atoms with Crippen molar-refractivity contribution in [2.45, 2.75) is 19.9 Å². The molecule has 21 heavy (non-hydrogen) atoms. The van der Waals surface area contributed by atoms with Gasteiger partial charge in [0.25, 0.3) is 0 Å². The molecular weight excluding hydrogens is 350 g/mol. The van der Waals surface area contributed by atoms with Gasteiger partial charge in [0.2, 0.25) is 0 Å². The minimum Gasteiger partial charge on any atom is -0.480 e. The summed E-state index contributed by atoms with van der Waals surface area (Å²) >= 11 is 5.21. The van der Waals surface area contributed by atoms with Gasteiger partial charge in [0, 0.05) is 20.8 Å². The fourth-order valence-corrected chi connectivity index (χ4v) is 3.65. The summed E-state index contributed by atoms with van der Waals surface area (Å²) in [7, 11) is 0. The lowest BCUT2D eigenvalue weighted by Gasteiger charge is -2.18. The maximum Gasteiger partial charge on any atom is 0.317 e. The maximum absolute atomic E-state index is 10.9. The number of benzene rings is 1. The number of carboxylic acids is 1. The SMILES string of the molecule is CCCN(CC(=O)O)Cc1ccc(-c2cccc(Br)c2)s1. The van der Waals surface area contributed by atoms with Gasteiger partial charge in [-0.25, -0.2) is 0 Å². The predicted octanol–water partition coefficient (Wildman–Crippen LogP) is 4.47. The first-order valence-electron chi connectivity index (χ1n) is 6.87. The van der Waals surface area contributed by atoms with Crippen LogP contribution in [0.2, 0.25) is 0 Å². The lowest BCUT2D eigenvalue weighted by molar-refractivity contribution is -0.138. The van der Waals surface area contributed by atoms with Crippen LogP contribution in [0.4, 0.5) is 0 Å². The van der Waals surface area contributed by atoms with Gasteiger partial charge in [-0.1, -0.05) is 35.0 Å². The van der Waals surface area contributed by atoms with Gasteiger partial charge in [0.05, 0.1) is 6.54 Å². The Kier molecular flexibility index (Phi) is 5.96. The standard InChI is InChI=1S/C16H18BrNO2S/c1-2-8-18(11-16(19)20)10-14-6-7-15(21-14)12-4-3-5-13(17)9-12/h3-7,9H,2,8,10-11H2,1H3,(H,19,20). The molecule has 2 rings (SSSR count). The van der Waals surface area contributed by atoms with Gasteiger partial charge >= 0.3 is 5.97 Å². The van der Waals surface area contributed by atoms with Gasteiger partial charge in [-0.15, -0.1) is 11.3 Å². The third kappa shape index (κ3) is 4.95. The van der Waals surface area contributed by atoms with E-state index < -0.39 is 5.97 Å². The molecule has 0 saturated carbocycles. The molecule has 1 aromatic heterocycles. The minimum atomic E-state index is -0.771. The van der Waals surface area contributed by atoms with Gasteiger partial charge in [-0.05, 0) is 42.8 Å². The van der Waals surface area contributed by atoms with E-state index in [2.05, 4.69) is 47.1 Å². The Morgan fingerprint density at radius 2 is 2.14 bits per heavy atom. The second-order valence-corrected chi connectivity index (χ2v) is 6.96. The van der Waals surface area contributed by atoms with Gasteiger partial charge in [-0.2, -0.15) is 0 Å². The van der Waals surface area contributed by atoms with Crippen LogP contribution < -0.4 is 0 Å². The molecule has 0 atom stereocenters. The molecule has 5 heteroatoms. The molecule has 2 aromatic rings. The van der Waals surface area contributed by atoms with Crippen molar-refractivity contribution in [1.29, 1.82) is 0 Å². The Labute approximate surface area is 137 Å². The number of rotatable bonds is 7. The average molecular weight is 368 g/mol. The van der Waals surface area contributed by atoms with Crippen molar-refractivity contribution >= 4 is 33.2 Å². The van der Waals surface area contributed by atoms with Gasteiger partial charge in [0.15, 0.2) is 0 Å². The molecule has 0 spiro atoms. The highest BCUT2D eigenvalue weighted by Crippen LogP contribution is 2.30. The molecule has 0 fully saturated rings. The molecule has 112 valence electrons. The predicted molar refractivity (Wildman–Crippen MR) is 90.7 cm³/mol. The summed E-state index contributed by atoms with van der Waals surface area (Å²) in [6.07, 6.45) is 0.956. The van der Waals surface area contributed by atoms with Gasteiger partial charge < -0.3 is 5.11 Å². The number of nitrogens with zero attached hydrogens (tertiary/aromatic N) is 1. The van der Waals surface area contributed by atoms with Crippen molar-refractivity contribution in [2.24, 2.45) is 0 Å². The number of carboxylic acid groups (broad SMARTS) is 1. The lowest BCUT2D eigenvalue weighted by Crippen LogP contribution is -2.29. The molecule has 0 amide bonds. The van der Waals surface area contributed by atoms with Crippen LogP contribution in [0.3, 0.4) is 0 Å². The van der Waals surface area contributed by atoms with E-state index in [-0.39, 0.29) is 6.54 Å². The summed E-state index contributed by atoms with van der Waals surface area (Å²) in [6, 6.07) is 12.4. The molecule has 0 unspecified atom stereocenters. The first-order chi connectivity index (χ1) is 10.1. The number of thiophene rings is 1. The molecule has 0 aliphatic rings. The molecule has 0 aliphatic heterocycles. The van der Waals surface area contributed by atoms with E-state index in [4.69, 9.17) is 5.11 Å². The Bertz CT molecular complexity index is 612. The largest absolute Gasteiger partial charge is 0.480 e. The van der Waals surface area contributed by atoms with Crippen LogP contribution in [0.15, 0.2) is 40.9 Å². The zero-order valence-corrected chi connectivity index (χ0v) is 14.3. The first kappa shape index (κ1) is 16.2. The topological polar surface area (TPSA) is 40.5 Å². The normalized spacial score (nSPS) is 11.0. The van der Waals surface area contributed by atoms with Crippen LogP contribution in [0.1, 0.15) is 18.2 Å². The van der Waals surface area contributed by atoms with E-state index in [9.17, 15) is 4.79 Å².